The molecule has 1 aliphatic rings. The molecule has 162 valence electrons. The average molecular weight is 429 g/mol. The number of nitrogens with zero attached hydrogens (tertiary/aromatic N) is 4. The minimum absolute atomic E-state index is 0.0885. The fraction of sp³-hybridized carbons (Fsp3) is 0.263. The van der Waals surface area contributed by atoms with Crippen LogP contribution in [-0.2, 0) is 9.53 Å². The number of hydrogen-bond acceptors (Lipinski definition) is 9. The smallest absolute Gasteiger partial charge is 0.277 e. The predicted molar refractivity (Wildman–Crippen MR) is 110 cm³/mol. The maximum absolute atomic E-state index is 12.0. The van der Waals surface area contributed by atoms with Gasteiger partial charge in [0.25, 0.3) is 17.3 Å². The van der Waals surface area contributed by atoms with E-state index in [0.29, 0.717) is 31.9 Å². The van der Waals surface area contributed by atoms with Crippen molar-refractivity contribution in [2.45, 2.75) is 0 Å². The molecular formula is C19H19N5O7. The topological polar surface area (TPSA) is 149 Å². The molecule has 0 saturated carbocycles. The fourth-order valence-corrected chi connectivity index (χ4v) is 2.87. The first-order valence-corrected chi connectivity index (χ1v) is 9.24. The van der Waals surface area contributed by atoms with Crippen LogP contribution in [0.25, 0.3) is 0 Å². The van der Waals surface area contributed by atoms with Crippen molar-refractivity contribution >= 4 is 29.2 Å². The zero-order valence-electron chi connectivity index (χ0n) is 16.3. The zero-order valence-corrected chi connectivity index (χ0v) is 16.3. The van der Waals surface area contributed by atoms with Gasteiger partial charge in [-0.15, -0.1) is 0 Å². The van der Waals surface area contributed by atoms with E-state index in [9.17, 15) is 25.0 Å². The molecule has 2 aromatic rings. The Bertz CT molecular complexity index is 988. The first kappa shape index (κ1) is 21.6. The number of hydrazone groups is 1. The first-order chi connectivity index (χ1) is 14.9. The van der Waals surface area contributed by atoms with Gasteiger partial charge in [-0.05, 0) is 18.2 Å². The van der Waals surface area contributed by atoms with Crippen molar-refractivity contribution < 1.29 is 24.1 Å². The van der Waals surface area contributed by atoms with Gasteiger partial charge >= 0.3 is 0 Å². The Morgan fingerprint density at radius 1 is 1.10 bits per heavy atom. The number of carbonyl (C=O) groups is 1. The van der Waals surface area contributed by atoms with Crippen LogP contribution in [0.15, 0.2) is 47.6 Å². The first-order valence-electron chi connectivity index (χ1n) is 9.24. The normalized spacial score (nSPS) is 13.7. The van der Waals surface area contributed by atoms with E-state index in [1.165, 1.54) is 42.6 Å². The summed E-state index contributed by atoms with van der Waals surface area (Å²) in [6.45, 7) is 2.00. The van der Waals surface area contributed by atoms with Crippen molar-refractivity contribution in [1.29, 1.82) is 0 Å². The van der Waals surface area contributed by atoms with E-state index in [4.69, 9.17) is 9.47 Å². The van der Waals surface area contributed by atoms with Gasteiger partial charge in [0.2, 0.25) is 0 Å². The lowest BCUT2D eigenvalue weighted by Crippen LogP contribution is -2.36. The summed E-state index contributed by atoms with van der Waals surface area (Å²) in [5.41, 5.74) is 3.34. The van der Waals surface area contributed by atoms with Crippen LogP contribution in [0.5, 0.6) is 5.75 Å². The fourth-order valence-electron chi connectivity index (χ4n) is 2.87. The highest BCUT2D eigenvalue weighted by Gasteiger charge is 2.17. The zero-order chi connectivity index (χ0) is 22.2. The van der Waals surface area contributed by atoms with Gasteiger partial charge in [0.05, 0.1) is 29.3 Å². The molecule has 0 unspecified atom stereocenters. The van der Waals surface area contributed by atoms with Crippen LogP contribution in [0.4, 0.5) is 17.1 Å². The van der Waals surface area contributed by atoms with Gasteiger partial charge < -0.3 is 14.4 Å². The third-order valence-electron chi connectivity index (χ3n) is 4.38. The maximum atomic E-state index is 12.0. The predicted octanol–water partition coefficient (Wildman–Crippen LogP) is 1.87. The van der Waals surface area contributed by atoms with Gasteiger partial charge in [-0.3, -0.25) is 25.0 Å². The van der Waals surface area contributed by atoms with Gasteiger partial charge in [-0.2, -0.15) is 5.10 Å². The minimum Gasteiger partial charge on any atom is -0.484 e. The Hall–Kier alpha value is -4.06. The van der Waals surface area contributed by atoms with Crippen LogP contribution >= 0.6 is 0 Å². The Morgan fingerprint density at radius 3 is 2.39 bits per heavy atom. The molecule has 1 saturated heterocycles. The van der Waals surface area contributed by atoms with E-state index in [2.05, 4.69) is 10.5 Å². The summed E-state index contributed by atoms with van der Waals surface area (Å²) in [4.78, 5) is 34.7. The highest BCUT2D eigenvalue weighted by molar-refractivity contribution is 5.90. The van der Waals surface area contributed by atoms with E-state index in [0.717, 1.165) is 5.69 Å². The molecule has 1 amide bonds. The van der Waals surface area contributed by atoms with E-state index in [1.807, 2.05) is 4.90 Å². The van der Waals surface area contributed by atoms with Crippen molar-refractivity contribution in [2.75, 3.05) is 37.8 Å². The molecule has 31 heavy (non-hydrogen) atoms. The van der Waals surface area contributed by atoms with Crippen LogP contribution in [0.1, 0.15) is 5.56 Å². The van der Waals surface area contributed by atoms with Crippen LogP contribution in [0, 0.1) is 20.2 Å². The quantitative estimate of drug-likeness (QED) is 0.380. The van der Waals surface area contributed by atoms with Crippen molar-refractivity contribution in [3.63, 3.8) is 0 Å². The Kier molecular flexibility index (Phi) is 7.06. The molecule has 1 heterocycles. The van der Waals surface area contributed by atoms with Crippen LogP contribution in [0.2, 0.25) is 0 Å². The summed E-state index contributed by atoms with van der Waals surface area (Å²) in [5.74, 6) is -0.272. The SMILES string of the molecule is O=C(COc1ccc([N+](=O)[O-])cc1)N/N=C\c1cc([N+](=O)[O-])ccc1N1CCOCC1. The third kappa shape index (κ3) is 5.96. The standard InChI is InChI=1S/C19H19N5O7/c25-19(13-31-17-4-1-15(2-5-17)23(26)27)21-20-12-14-11-16(24(28)29)3-6-18(14)22-7-9-30-10-8-22/h1-6,11-12H,7-10,13H2,(H,21,25)/b20-12-. The summed E-state index contributed by atoms with van der Waals surface area (Å²) in [7, 11) is 0. The monoisotopic (exact) mass is 429 g/mol. The number of amides is 1. The van der Waals surface area contributed by atoms with Gasteiger partial charge in [0.1, 0.15) is 5.75 Å². The largest absolute Gasteiger partial charge is 0.484 e. The molecule has 0 spiro atoms. The molecule has 1 N–H and O–H groups in total. The Labute approximate surface area is 176 Å². The van der Waals surface area contributed by atoms with Gasteiger partial charge in [-0.25, -0.2) is 5.43 Å². The summed E-state index contributed by atoms with van der Waals surface area (Å²) >= 11 is 0. The maximum Gasteiger partial charge on any atom is 0.277 e. The molecule has 12 nitrogen and oxygen atoms in total. The van der Waals surface area contributed by atoms with Gasteiger partial charge in [0.15, 0.2) is 6.61 Å². The number of nitro groups is 2. The number of nitro benzene ring substituents is 2. The van der Waals surface area contributed by atoms with Crippen molar-refractivity contribution in [3.8, 4) is 5.75 Å². The van der Waals surface area contributed by atoms with Crippen molar-refractivity contribution in [3.05, 3.63) is 68.3 Å². The lowest BCUT2D eigenvalue weighted by molar-refractivity contribution is -0.385. The summed E-state index contributed by atoms with van der Waals surface area (Å²) in [6, 6.07) is 9.73. The number of ether oxygens (including phenoxy) is 2. The highest BCUT2D eigenvalue weighted by Crippen LogP contribution is 2.25. The second-order valence-corrected chi connectivity index (χ2v) is 6.43. The number of morpholine rings is 1. The minimum atomic E-state index is -0.562. The van der Waals surface area contributed by atoms with Gasteiger partial charge in [-0.1, -0.05) is 0 Å². The average Bonchev–Trinajstić information content (AvgIpc) is 2.78. The lowest BCUT2D eigenvalue weighted by atomic mass is 10.1. The van der Waals surface area contributed by atoms with E-state index >= 15 is 0 Å². The number of nitrogens with one attached hydrogen (secondary N) is 1. The number of non-ortho nitro benzene ring substituents is 2. The van der Waals surface area contributed by atoms with E-state index < -0.39 is 15.8 Å². The molecule has 0 aliphatic carbocycles. The molecule has 0 atom stereocenters. The Balaban J connectivity index is 1.62. The molecule has 3 rings (SSSR count). The molecule has 1 aliphatic heterocycles. The van der Waals surface area contributed by atoms with E-state index in [1.54, 1.807) is 6.07 Å². The molecule has 0 aromatic heterocycles. The van der Waals surface area contributed by atoms with Crippen LogP contribution in [-0.4, -0.2) is 54.9 Å². The van der Waals surface area contributed by atoms with Crippen molar-refractivity contribution in [1.82, 2.24) is 5.43 Å². The third-order valence-corrected chi connectivity index (χ3v) is 4.38. The molecule has 12 heteroatoms. The second-order valence-electron chi connectivity index (χ2n) is 6.43. The van der Waals surface area contributed by atoms with Crippen LogP contribution < -0.4 is 15.1 Å². The number of carbonyl (C=O) groups excluding carboxylic acids is 1. The molecule has 0 bridgehead atoms. The second kappa shape index (κ2) is 10.1. The molecular weight excluding hydrogens is 410 g/mol. The van der Waals surface area contributed by atoms with Crippen LogP contribution in [0.3, 0.4) is 0 Å². The lowest BCUT2D eigenvalue weighted by Gasteiger charge is -2.29. The number of anilines is 1. The number of rotatable bonds is 8. The molecule has 1 fully saturated rings. The summed E-state index contributed by atoms with van der Waals surface area (Å²) in [6.07, 6.45) is 1.33. The van der Waals surface area contributed by atoms with E-state index in [-0.39, 0.29) is 23.7 Å². The highest BCUT2D eigenvalue weighted by atomic mass is 16.6. The Morgan fingerprint density at radius 2 is 1.74 bits per heavy atom. The molecule has 2 aromatic carbocycles. The summed E-state index contributed by atoms with van der Waals surface area (Å²) < 4.78 is 10.6. The number of hydrogen-bond donors (Lipinski definition) is 1. The number of benzene rings is 2. The van der Waals surface area contributed by atoms with Crippen molar-refractivity contribution in [2.24, 2.45) is 5.10 Å². The van der Waals surface area contributed by atoms with Gasteiger partial charge in [0, 0.05) is 48.6 Å². The summed E-state index contributed by atoms with van der Waals surface area (Å²) in [5, 5.41) is 25.6. The molecule has 0 radical (unpaired) electrons.